The number of hydrogen-bond donors (Lipinski definition) is 0. The maximum atomic E-state index is 6.82. The van der Waals surface area contributed by atoms with Gasteiger partial charge in [0.25, 0.3) is 0 Å². The molecule has 0 bridgehead atoms. The number of fused-ring (bicyclic) bond motifs is 4. The number of para-hydroxylation sites is 1. The fourth-order valence-corrected chi connectivity index (χ4v) is 7.86. The molecule has 0 saturated carbocycles. The summed E-state index contributed by atoms with van der Waals surface area (Å²) in [4.78, 5) is 0. The second kappa shape index (κ2) is 9.54. The lowest BCUT2D eigenvalue weighted by Gasteiger charge is -2.17. The van der Waals surface area contributed by atoms with E-state index >= 15 is 0 Å². The standard InChI is InChI=1S/C45H28O/c1-27-25-40(44-39-16-8-15-38(45(39)46-41(44)26-27)34-14-7-12-29-11-5-6-13-32(29)34)35-22-18-31-19-23-36-33(28-9-3-2-4-10-28)21-17-30-20-24-37(35)43(31)42(30)36/h2-26H,1H3. The third-order valence-electron chi connectivity index (χ3n) is 9.86. The van der Waals surface area contributed by atoms with Crippen LogP contribution in [0.1, 0.15) is 5.56 Å². The maximum absolute atomic E-state index is 6.82. The minimum Gasteiger partial charge on any atom is -0.455 e. The Kier molecular flexibility index (Phi) is 5.27. The summed E-state index contributed by atoms with van der Waals surface area (Å²) in [7, 11) is 0. The lowest BCUT2D eigenvalue weighted by molar-refractivity contribution is 0.670. The van der Waals surface area contributed by atoms with E-state index in [1.807, 2.05) is 0 Å². The zero-order chi connectivity index (χ0) is 30.4. The first-order valence-corrected chi connectivity index (χ1v) is 15.9. The Morgan fingerprint density at radius 1 is 0.370 bits per heavy atom. The highest BCUT2D eigenvalue weighted by Gasteiger charge is 2.20. The van der Waals surface area contributed by atoms with Gasteiger partial charge in [-0.1, -0.05) is 146 Å². The highest BCUT2D eigenvalue weighted by atomic mass is 16.3. The Balaban J connectivity index is 1.28. The van der Waals surface area contributed by atoms with Crippen LogP contribution >= 0.6 is 0 Å². The minimum atomic E-state index is 0.926. The van der Waals surface area contributed by atoms with Gasteiger partial charge < -0.3 is 4.42 Å². The Morgan fingerprint density at radius 2 is 0.978 bits per heavy atom. The normalized spacial score (nSPS) is 12.0. The highest BCUT2D eigenvalue weighted by Crippen LogP contribution is 2.46. The van der Waals surface area contributed by atoms with E-state index in [0.717, 1.165) is 22.1 Å². The molecule has 0 atom stereocenters. The van der Waals surface area contributed by atoms with Gasteiger partial charge in [-0.15, -0.1) is 0 Å². The topological polar surface area (TPSA) is 13.1 Å². The second-order valence-electron chi connectivity index (χ2n) is 12.5. The first-order chi connectivity index (χ1) is 22.7. The van der Waals surface area contributed by atoms with Gasteiger partial charge in [0, 0.05) is 16.3 Å². The first kappa shape index (κ1) is 25.4. The average Bonchev–Trinajstić information content (AvgIpc) is 3.49. The zero-order valence-electron chi connectivity index (χ0n) is 25.3. The molecule has 1 nitrogen and oxygen atoms in total. The molecule has 214 valence electrons. The average molecular weight is 585 g/mol. The summed E-state index contributed by atoms with van der Waals surface area (Å²) in [6.45, 7) is 2.17. The predicted octanol–water partition coefficient (Wildman–Crippen LogP) is 12.9. The lowest BCUT2D eigenvalue weighted by atomic mass is 9.86. The summed E-state index contributed by atoms with van der Waals surface area (Å²) in [6, 6.07) is 55.3. The van der Waals surface area contributed by atoms with Crippen molar-refractivity contribution in [2.75, 3.05) is 0 Å². The molecule has 0 saturated heterocycles. The Bertz CT molecular complexity index is 2790. The molecule has 0 aliphatic rings. The highest BCUT2D eigenvalue weighted by molar-refractivity contribution is 6.29. The maximum Gasteiger partial charge on any atom is 0.143 e. The molecular weight excluding hydrogens is 556 g/mol. The monoisotopic (exact) mass is 584 g/mol. The van der Waals surface area contributed by atoms with Crippen molar-refractivity contribution in [3.8, 4) is 33.4 Å². The van der Waals surface area contributed by atoms with Crippen LogP contribution in [-0.2, 0) is 0 Å². The van der Waals surface area contributed by atoms with Gasteiger partial charge in [0.2, 0.25) is 0 Å². The largest absolute Gasteiger partial charge is 0.455 e. The fourth-order valence-electron chi connectivity index (χ4n) is 7.86. The van der Waals surface area contributed by atoms with E-state index in [4.69, 9.17) is 4.42 Å². The van der Waals surface area contributed by atoms with E-state index < -0.39 is 0 Å². The van der Waals surface area contributed by atoms with Crippen LogP contribution < -0.4 is 0 Å². The summed E-state index contributed by atoms with van der Waals surface area (Å²) >= 11 is 0. The number of benzene rings is 9. The van der Waals surface area contributed by atoms with E-state index in [1.165, 1.54) is 81.9 Å². The number of hydrogen-bond acceptors (Lipinski definition) is 1. The van der Waals surface area contributed by atoms with E-state index in [0.29, 0.717) is 0 Å². The van der Waals surface area contributed by atoms with Crippen molar-refractivity contribution in [1.29, 1.82) is 0 Å². The van der Waals surface area contributed by atoms with Gasteiger partial charge in [0.05, 0.1) is 0 Å². The molecule has 0 spiro atoms. The summed E-state index contributed by atoms with van der Waals surface area (Å²) in [5.74, 6) is 0. The van der Waals surface area contributed by atoms with Crippen LogP contribution in [0.3, 0.4) is 0 Å². The Hall–Kier alpha value is -5.92. The molecule has 0 amide bonds. The summed E-state index contributed by atoms with van der Waals surface area (Å²) in [5.41, 5.74) is 10.3. The van der Waals surface area contributed by atoms with Crippen LogP contribution in [-0.4, -0.2) is 0 Å². The van der Waals surface area contributed by atoms with Gasteiger partial charge in [0.15, 0.2) is 0 Å². The molecule has 46 heavy (non-hydrogen) atoms. The van der Waals surface area contributed by atoms with Crippen LogP contribution in [0.2, 0.25) is 0 Å². The number of furan rings is 1. The van der Waals surface area contributed by atoms with Crippen LogP contribution in [0, 0.1) is 6.92 Å². The molecule has 1 aromatic heterocycles. The number of rotatable bonds is 3. The second-order valence-corrected chi connectivity index (χ2v) is 12.5. The summed E-state index contributed by atoms with van der Waals surface area (Å²) < 4.78 is 6.82. The van der Waals surface area contributed by atoms with E-state index in [-0.39, 0.29) is 0 Å². The Morgan fingerprint density at radius 3 is 1.80 bits per heavy atom. The van der Waals surface area contributed by atoms with Crippen molar-refractivity contribution in [1.82, 2.24) is 0 Å². The van der Waals surface area contributed by atoms with Crippen molar-refractivity contribution in [2.45, 2.75) is 6.92 Å². The van der Waals surface area contributed by atoms with Crippen LogP contribution in [0.15, 0.2) is 156 Å². The molecule has 9 aromatic carbocycles. The van der Waals surface area contributed by atoms with Gasteiger partial charge in [-0.3, -0.25) is 0 Å². The lowest BCUT2D eigenvalue weighted by Crippen LogP contribution is -1.90. The molecule has 0 unspecified atom stereocenters. The van der Waals surface area contributed by atoms with E-state index in [9.17, 15) is 0 Å². The minimum absolute atomic E-state index is 0.926. The third kappa shape index (κ3) is 3.57. The smallest absolute Gasteiger partial charge is 0.143 e. The van der Waals surface area contributed by atoms with Crippen LogP contribution in [0.5, 0.6) is 0 Å². The fraction of sp³-hybridized carbons (Fsp3) is 0.0222. The molecule has 0 aliphatic carbocycles. The molecule has 10 aromatic rings. The van der Waals surface area contributed by atoms with Crippen LogP contribution in [0.25, 0.3) is 98.4 Å². The number of aryl methyl sites for hydroxylation is 1. The molecule has 0 fully saturated rings. The third-order valence-corrected chi connectivity index (χ3v) is 9.86. The summed E-state index contributed by atoms with van der Waals surface area (Å²) in [5, 5.41) is 12.5. The van der Waals surface area contributed by atoms with Gasteiger partial charge in [-0.05, 0) is 89.5 Å². The molecule has 0 aliphatic heterocycles. The molecule has 0 N–H and O–H groups in total. The zero-order valence-corrected chi connectivity index (χ0v) is 25.3. The van der Waals surface area contributed by atoms with Gasteiger partial charge >= 0.3 is 0 Å². The SMILES string of the molecule is Cc1cc(-c2ccc3ccc4c(-c5ccccc5)ccc5ccc2c3c54)c2c(c1)oc1c(-c3cccc4ccccc34)cccc12. The van der Waals surface area contributed by atoms with Crippen molar-refractivity contribution in [3.05, 3.63) is 157 Å². The molecule has 1 heteroatoms. The molecule has 0 radical (unpaired) electrons. The Labute approximate surface area is 266 Å². The summed E-state index contributed by atoms with van der Waals surface area (Å²) in [6.07, 6.45) is 0. The van der Waals surface area contributed by atoms with Gasteiger partial charge in [0.1, 0.15) is 11.2 Å². The molecule has 1 heterocycles. The van der Waals surface area contributed by atoms with Crippen molar-refractivity contribution < 1.29 is 4.42 Å². The van der Waals surface area contributed by atoms with Crippen LogP contribution in [0.4, 0.5) is 0 Å². The predicted molar refractivity (Wildman–Crippen MR) is 196 cm³/mol. The van der Waals surface area contributed by atoms with E-state index in [2.05, 4.69) is 159 Å². The van der Waals surface area contributed by atoms with Crippen molar-refractivity contribution in [3.63, 3.8) is 0 Å². The van der Waals surface area contributed by atoms with Crippen molar-refractivity contribution >= 4 is 65.0 Å². The molecular formula is C45H28O. The van der Waals surface area contributed by atoms with Gasteiger partial charge in [-0.2, -0.15) is 0 Å². The van der Waals surface area contributed by atoms with Crippen molar-refractivity contribution in [2.24, 2.45) is 0 Å². The quantitative estimate of drug-likeness (QED) is 0.188. The van der Waals surface area contributed by atoms with E-state index in [1.54, 1.807) is 0 Å². The first-order valence-electron chi connectivity index (χ1n) is 15.9. The molecule has 10 rings (SSSR count). The van der Waals surface area contributed by atoms with Gasteiger partial charge in [-0.25, -0.2) is 0 Å².